The lowest BCUT2D eigenvalue weighted by atomic mass is 10.1. The fraction of sp³-hybridized carbons (Fsp3) is 0.333. The van der Waals surface area contributed by atoms with Gasteiger partial charge in [-0.1, -0.05) is 35.9 Å². The minimum Gasteiger partial charge on any atom is -0.487 e. The summed E-state index contributed by atoms with van der Waals surface area (Å²) in [4.78, 5) is 17.7. The van der Waals surface area contributed by atoms with Gasteiger partial charge in [0.05, 0.1) is 11.6 Å². The van der Waals surface area contributed by atoms with E-state index in [1.807, 2.05) is 49.4 Å². The summed E-state index contributed by atoms with van der Waals surface area (Å²) in [6, 6.07) is 14.9. The van der Waals surface area contributed by atoms with E-state index in [2.05, 4.69) is 15.6 Å². The van der Waals surface area contributed by atoms with E-state index in [1.165, 1.54) is 0 Å². The van der Waals surface area contributed by atoms with Crippen LogP contribution in [0.1, 0.15) is 22.8 Å². The van der Waals surface area contributed by atoms with Gasteiger partial charge in [0.1, 0.15) is 11.9 Å². The van der Waals surface area contributed by atoms with Crippen molar-refractivity contribution in [3.63, 3.8) is 0 Å². The van der Waals surface area contributed by atoms with Crippen LogP contribution in [0, 0.1) is 0 Å². The Hall–Kier alpha value is -2.00. The molecule has 1 amide bonds. The molecule has 29 heavy (non-hydrogen) atoms. The van der Waals surface area contributed by atoms with Crippen molar-refractivity contribution < 1.29 is 9.53 Å². The largest absolute Gasteiger partial charge is 0.487 e. The molecule has 2 rings (SSSR count). The van der Waals surface area contributed by atoms with E-state index < -0.39 is 0 Å². The van der Waals surface area contributed by atoms with Crippen molar-refractivity contribution in [1.29, 1.82) is 0 Å². The van der Waals surface area contributed by atoms with Crippen LogP contribution in [-0.2, 0) is 6.54 Å². The molecule has 2 N–H and O–H groups in total. The number of nitrogens with one attached hydrogen (secondary N) is 2. The third kappa shape index (κ3) is 8.10. The summed E-state index contributed by atoms with van der Waals surface area (Å²) in [5.74, 6) is 1.32. The third-order valence-corrected chi connectivity index (χ3v) is 4.32. The molecular weight excluding hydrogens is 503 g/mol. The van der Waals surface area contributed by atoms with E-state index in [4.69, 9.17) is 16.3 Å². The molecule has 0 aromatic heterocycles. The Morgan fingerprint density at radius 1 is 1.14 bits per heavy atom. The smallest absolute Gasteiger partial charge is 0.253 e. The van der Waals surface area contributed by atoms with Crippen molar-refractivity contribution in [2.45, 2.75) is 19.6 Å². The zero-order valence-corrected chi connectivity index (χ0v) is 20.2. The monoisotopic (exact) mass is 530 g/mol. The lowest BCUT2D eigenvalue weighted by Gasteiger charge is -2.18. The predicted octanol–water partition coefficient (Wildman–Crippen LogP) is 3.79. The van der Waals surface area contributed by atoms with Gasteiger partial charge in [-0.05, 0) is 36.8 Å². The van der Waals surface area contributed by atoms with Crippen LogP contribution in [0.5, 0.6) is 5.75 Å². The number of carbonyl (C=O) groups is 1. The molecular formula is C21H28ClIN4O2. The molecule has 0 bridgehead atoms. The van der Waals surface area contributed by atoms with Gasteiger partial charge >= 0.3 is 0 Å². The Balaban J connectivity index is 0.00000420. The lowest BCUT2D eigenvalue weighted by Crippen LogP contribution is -2.41. The summed E-state index contributed by atoms with van der Waals surface area (Å²) in [7, 11) is 5.20. The first kappa shape index (κ1) is 25.0. The van der Waals surface area contributed by atoms with E-state index in [0.29, 0.717) is 35.4 Å². The van der Waals surface area contributed by atoms with E-state index in [9.17, 15) is 4.79 Å². The van der Waals surface area contributed by atoms with Crippen LogP contribution in [0.4, 0.5) is 0 Å². The van der Waals surface area contributed by atoms with Gasteiger partial charge in [-0.2, -0.15) is 0 Å². The van der Waals surface area contributed by atoms with Crippen LogP contribution in [0.25, 0.3) is 0 Å². The van der Waals surface area contributed by atoms with Gasteiger partial charge in [-0.25, -0.2) is 0 Å². The number of hydrogen-bond acceptors (Lipinski definition) is 3. The predicted molar refractivity (Wildman–Crippen MR) is 130 cm³/mol. The minimum atomic E-state index is -0.0882. The molecule has 0 radical (unpaired) electrons. The molecule has 0 saturated carbocycles. The number of guanidine groups is 1. The van der Waals surface area contributed by atoms with Crippen molar-refractivity contribution in [2.75, 3.05) is 27.7 Å². The first-order valence-electron chi connectivity index (χ1n) is 9.07. The number of aliphatic imine (C=N–C) groups is 1. The van der Waals surface area contributed by atoms with Crippen molar-refractivity contribution in [3.05, 3.63) is 64.7 Å². The SMILES string of the molecule is CN=C(NCc1ccc(C(=O)N(C)C)cc1)NCC(C)Oc1ccccc1Cl.I. The van der Waals surface area contributed by atoms with Gasteiger partial charge < -0.3 is 20.3 Å². The maximum Gasteiger partial charge on any atom is 0.253 e. The Labute approximate surface area is 194 Å². The number of nitrogens with zero attached hydrogens (tertiary/aromatic N) is 2. The number of para-hydroxylation sites is 1. The van der Waals surface area contributed by atoms with Crippen LogP contribution < -0.4 is 15.4 Å². The Morgan fingerprint density at radius 3 is 2.38 bits per heavy atom. The third-order valence-electron chi connectivity index (χ3n) is 4.01. The van der Waals surface area contributed by atoms with Crippen LogP contribution in [0.3, 0.4) is 0 Å². The second-order valence-corrected chi connectivity index (χ2v) is 6.97. The Morgan fingerprint density at radius 2 is 1.79 bits per heavy atom. The standard InChI is InChI=1S/C21H27ClN4O2.HI/c1-15(28-19-8-6-5-7-18(19)22)13-24-21(23-2)25-14-16-9-11-17(12-10-16)20(27)26(3)4;/h5-12,15H,13-14H2,1-4H3,(H2,23,24,25);1H. The highest BCUT2D eigenvalue weighted by atomic mass is 127. The number of amides is 1. The molecule has 2 aromatic carbocycles. The van der Waals surface area contributed by atoms with Crippen LogP contribution in [-0.4, -0.2) is 50.6 Å². The molecule has 0 fully saturated rings. The van der Waals surface area contributed by atoms with E-state index in [0.717, 1.165) is 5.56 Å². The van der Waals surface area contributed by atoms with Gasteiger partial charge in [0.15, 0.2) is 5.96 Å². The molecule has 0 aliphatic heterocycles. The van der Waals surface area contributed by atoms with Crippen LogP contribution in [0.2, 0.25) is 5.02 Å². The summed E-state index contributed by atoms with van der Waals surface area (Å²) in [5.41, 5.74) is 1.72. The maximum absolute atomic E-state index is 11.9. The van der Waals surface area contributed by atoms with Crippen molar-refractivity contribution in [1.82, 2.24) is 15.5 Å². The molecule has 8 heteroatoms. The average molecular weight is 531 g/mol. The number of benzene rings is 2. The summed E-state index contributed by atoms with van der Waals surface area (Å²) in [6.45, 7) is 3.13. The van der Waals surface area contributed by atoms with Crippen molar-refractivity contribution in [3.8, 4) is 5.75 Å². The number of rotatable bonds is 7. The van der Waals surface area contributed by atoms with Crippen LogP contribution in [0.15, 0.2) is 53.5 Å². The summed E-state index contributed by atoms with van der Waals surface area (Å²) >= 11 is 6.12. The number of carbonyl (C=O) groups excluding carboxylic acids is 1. The zero-order valence-electron chi connectivity index (χ0n) is 17.1. The summed E-state index contributed by atoms with van der Waals surface area (Å²) in [5, 5.41) is 7.07. The summed E-state index contributed by atoms with van der Waals surface area (Å²) in [6.07, 6.45) is -0.0882. The highest BCUT2D eigenvalue weighted by molar-refractivity contribution is 14.0. The molecule has 0 heterocycles. The first-order valence-corrected chi connectivity index (χ1v) is 9.44. The zero-order chi connectivity index (χ0) is 20.5. The minimum absolute atomic E-state index is 0. The molecule has 158 valence electrons. The van der Waals surface area contributed by atoms with E-state index >= 15 is 0 Å². The fourth-order valence-corrected chi connectivity index (χ4v) is 2.65. The second kappa shape index (κ2) is 12.5. The topological polar surface area (TPSA) is 66.0 Å². The lowest BCUT2D eigenvalue weighted by molar-refractivity contribution is 0.0827. The molecule has 0 spiro atoms. The number of halogens is 2. The average Bonchev–Trinajstić information content (AvgIpc) is 2.69. The first-order chi connectivity index (χ1) is 13.4. The van der Waals surface area contributed by atoms with Gasteiger partial charge in [0, 0.05) is 33.3 Å². The highest BCUT2D eigenvalue weighted by Gasteiger charge is 2.09. The van der Waals surface area contributed by atoms with Gasteiger partial charge in [-0.15, -0.1) is 24.0 Å². The Kier molecular flexibility index (Phi) is 10.8. The quantitative estimate of drug-likeness (QED) is 0.325. The highest BCUT2D eigenvalue weighted by Crippen LogP contribution is 2.23. The Bertz CT molecular complexity index is 813. The maximum atomic E-state index is 11.9. The van der Waals surface area contributed by atoms with Crippen molar-refractivity contribution >= 4 is 47.4 Å². The van der Waals surface area contributed by atoms with E-state index in [-0.39, 0.29) is 36.0 Å². The number of hydrogen-bond donors (Lipinski definition) is 2. The van der Waals surface area contributed by atoms with Gasteiger partial charge in [0.2, 0.25) is 0 Å². The molecule has 1 unspecified atom stereocenters. The number of ether oxygens (including phenoxy) is 1. The van der Waals surface area contributed by atoms with Gasteiger partial charge in [-0.3, -0.25) is 9.79 Å². The molecule has 0 saturated heterocycles. The van der Waals surface area contributed by atoms with E-state index in [1.54, 1.807) is 32.1 Å². The van der Waals surface area contributed by atoms with Gasteiger partial charge in [0.25, 0.3) is 5.91 Å². The molecule has 1 atom stereocenters. The summed E-state index contributed by atoms with van der Waals surface area (Å²) < 4.78 is 5.84. The molecule has 0 aliphatic rings. The second-order valence-electron chi connectivity index (χ2n) is 6.56. The fourth-order valence-electron chi connectivity index (χ4n) is 2.47. The molecule has 0 aliphatic carbocycles. The van der Waals surface area contributed by atoms with Crippen molar-refractivity contribution in [2.24, 2.45) is 4.99 Å². The normalized spacial score (nSPS) is 11.8. The molecule has 2 aromatic rings. The van der Waals surface area contributed by atoms with Crippen LogP contribution >= 0.6 is 35.6 Å². The molecule has 6 nitrogen and oxygen atoms in total.